The van der Waals surface area contributed by atoms with Crippen molar-refractivity contribution in [3.8, 4) is 0 Å². The highest BCUT2D eigenvalue weighted by Gasteiger charge is 2.34. The van der Waals surface area contributed by atoms with Crippen LogP contribution in [0.5, 0.6) is 0 Å². The first kappa shape index (κ1) is 18.4. The van der Waals surface area contributed by atoms with Crippen molar-refractivity contribution in [1.29, 1.82) is 0 Å². The van der Waals surface area contributed by atoms with Gasteiger partial charge in [0.2, 0.25) is 5.91 Å². The highest BCUT2D eigenvalue weighted by molar-refractivity contribution is 8.01. The van der Waals surface area contributed by atoms with Gasteiger partial charge in [-0.05, 0) is 54.3 Å². The molecule has 3 aromatic carbocycles. The van der Waals surface area contributed by atoms with E-state index in [0.717, 1.165) is 33.9 Å². The molecule has 2 heterocycles. The Hall–Kier alpha value is -2.63. The molecule has 29 heavy (non-hydrogen) atoms. The van der Waals surface area contributed by atoms with Gasteiger partial charge in [0, 0.05) is 4.90 Å². The molecule has 1 aliphatic rings. The number of hydrogen-bond donors (Lipinski definition) is 0. The Morgan fingerprint density at radius 2 is 1.79 bits per heavy atom. The van der Waals surface area contributed by atoms with Crippen molar-refractivity contribution in [2.75, 3.05) is 4.90 Å². The van der Waals surface area contributed by atoms with Gasteiger partial charge in [-0.3, -0.25) is 9.69 Å². The number of thiazole rings is 1. The zero-order chi connectivity index (χ0) is 19.8. The molecule has 0 radical (unpaired) electrons. The number of rotatable bonds is 4. The van der Waals surface area contributed by atoms with Crippen molar-refractivity contribution in [3.05, 3.63) is 83.9 Å². The maximum Gasteiger partial charge on any atom is 0.247 e. The maximum absolute atomic E-state index is 13.7. The second kappa shape index (κ2) is 7.65. The van der Waals surface area contributed by atoms with Crippen molar-refractivity contribution in [2.45, 2.75) is 29.9 Å². The molecule has 3 nitrogen and oxygen atoms in total. The van der Waals surface area contributed by atoms with E-state index in [4.69, 9.17) is 4.98 Å². The topological polar surface area (TPSA) is 33.2 Å². The first-order valence-corrected chi connectivity index (χ1v) is 11.5. The van der Waals surface area contributed by atoms with E-state index < -0.39 is 0 Å². The molecule has 5 rings (SSSR count). The Kier molecular flexibility index (Phi) is 4.86. The van der Waals surface area contributed by atoms with E-state index in [-0.39, 0.29) is 11.2 Å². The van der Waals surface area contributed by atoms with Gasteiger partial charge in [0.15, 0.2) is 5.13 Å². The van der Waals surface area contributed by atoms with E-state index in [9.17, 15) is 4.79 Å². The lowest BCUT2D eigenvalue weighted by molar-refractivity contribution is -0.117. The predicted molar refractivity (Wildman–Crippen MR) is 122 cm³/mol. The summed E-state index contributed by atoms with van der Waals surface area (Å²) in [6.07, 6.45) is 1.73. The van der Waals surface area contributed by atoms with E-state index in [0.29, 0.717) is 0 Å². The number of carbonyl (C=O) groups excluding carboxylic acids is 1. The number of aryl methyl sites for hydroxylation is 1. The number of aromatic nitrogens is 1. The van der Waals surface area contributed by atoms with E-state index >= 15 is 0 Å². The zero-order valence-electron chi connectivity index (χ0n) is 16.0. The second-order valence-electron chi connectivity index (χ2n) is 7.08. The molecule has 5 heteroatoms. The molecule has 4 aromatic rings. The largest absolute Gasteiger partial charge is 0.273 e. The van der Waals surface area contributed by atoms with Crippen LogP contribution in [0.4, 0.5) is 10.8 Å². The lowest BCUT2D eigenvalue weighted by atomic mass is 10.1. The minimum Gasteiger partial charge on any atom is -0.273 e. The Bertz CT molecular complexity index is 1120. The minimum absolute atomic E-state index is 0.0921. The lowest BCUT2D eigenvalue weighted by Crippen LogP contribution is -2.34. The zero-order valence-corrected chi connectivity index (χ0v) is 17.7. The Balaban J connectivity index is 1.55. The summed E-state index contributed by atoms with van der Waals surface area (Å²) in [4.78, 5) is 21.5. The number of nitrogens with zero attached hydrogens (tertiary/aromatic N) is 2. The third-order valence-electron chi connectivity index (χ3n) is 5.22. The molecule has 0 saturated heterocycles. The SMILES string of the molecule is CCc1ccc(N(C(=O)C2Cc3ccccc3S2)c2nc3ccccc3s2)cc1. The summed E-state index contributed by atoms with van der Waals surface area (Å²) in [5.41, 5.74) is 4.31. The van der Waals surface area contributed by atoms with Gasteiger partial charge < -0.3 is 0 Å². The first-order valence-electron chi connectivity index (χ1n) is 9.76. The molecule has 0 N–H and O–H groups in total. The fourth-order valence-electron chi connectivity index (χ4n) is 3.63. The van der Waals surface area contributed by atoms with Crippen molar-refractivity contribution in [3.63, 3.8) is 0 Å². The number of carbonyl (C=O) groups is 1. The van der Waals surface area contributed by atoms with Crippen LogP contribution in [0.1, 0.15) is 18.1 Å². The molecule has 0 bridgehead atoms. The maximum atomic E-state index is 13.7. The number of benzene rings is 3. The molecular weight excluding hydrogens is 396 g/mol. The first-order chi connectivity index (χ1) is 14.2. The fraction of sp³-hybridized carbons (Fsp3) is 0.167. The highest BCUT2D eigenvalue weighted by atomic mass is 32.2. The van der Waals surface area contributed by atoms with Gasteiger partial charge in [-0.15, -0.1) is 11.8 Å². The standard InChI is InChI=1S/C24H20N2OS2/c1-2-16-11-13-18(14-12-16)26(24-25-19-8-4-6-10-21(19)29-24)23(27)22-15-17-7-3-5-9-20(17)28-22/h3-14,22H,2,15H2,1H3. The lowest BCUT2D eigenvalue weighted by Gasteiger charge is -2.23. The van der Waals surface area contributed by atoms with Gasteiger partial charge >= 0.3 is 0 Å². The van der Waals surface area contributed by atoms with Crippen LogP contribution in [-0.4, -0.2) is 16.1 Å². The molecule has 1 unspecified atom stereocenters. The molecule has 0 fully saturated rings. The van der Waals surface area contributed by atoms with Gasteiger partial charge in [-0.1, -0.05) is 60.7 Å². The molecule has 0 spiro atoms. The molecule has 1 amide bonds. The average molecular weight is 417 g/mol. The monoisotopic (exact) mass is 416 g/mol. The van der Waals surface area contributed by atoms with Crippen LogP contribution < -0.4 is 4.90 Å². The van der Waals surface area contributed by atoms with Crippen molar-refractivity contribution < 1.29 is 4.79 Å². The summed E-state index contributed by atoms with van der Waals surface area (Å²) >= 11 is 3.23. The van der Waals surface area contributed by atoms with Crippen LogP contribution >= 0.6 is 23.1 Å². The Morgan fingerprint density at radius 1 is 1.03 bits per heavy atom. The molecular formula is C24H20N2OS2. The number of thioether (sulfide) groups is 1. The van der Waals surface area contributed by atoms with E-state index in [1.807, 2.05) is 47.4 Å². The van der Waals surface area contributed by atoms with Crippen LogP contribution in [0.15, 0.2) is 77.7 Å². The van der Waals surface area contributed by atoms with Gasteiger partial charge in [-0.25, -0.2) is 4.98 Å². The number of fused-ring (bicyclic) bond motifs is 2. The fourth-order valence-corrected chi connectivity index (χ4v) is 5.86. The van der Waals surface area contributed by atoms with Crippen molar-refractivity contribution >= 4 is 50.0 Å². The van der Waals surface area contributed by atoms with E-state index in [1.165, 1.54) is 16.0 Å². The molecule has 0 saturated carbocycles. The number of amides is 1. The smallest absolute Gasteiger partial charge is 0.247 e. The third-order valence-corrected chi connectivity index (χ3v) is 7.55. The van der Waals surface area contributed by atoms with Crippen LogP contribution in [0.3, 0.4) is 0 Å². The van der Waals surface area contributed by atoms with Gasteiger partial charge in [0.1, 0.15) is 0 Å². The summed E-state index contributed by atoms with van der Waals surface area (Å²) < 4.78 is 1.09. The number of para-hydroxylation sites is 1. The summed E-state index contributed by atoms with van der Waals surface area (Å²) in [6, 6.07) is 24.6. The summed E-state index contributed by atoms with van der Waals surface area (Å²) in [5.74, 6) is 0.0921. The van der Waals surface area contributed by atoms with Crippen molar-refractivity contribution in [1.82, 2.24) is 4.98 Å². The minimum atomic E-state index is -0.134. The third kappa shape index (κ3) is 3.45. The van der Waals surface area contributed by atoms with Gasteiger partial charge in [0.25, 0.3) is 0 Å². The molecule has 0 aliphatic carbocycles. The van der Waals surface area contributed by atoms with Crippen molar-refractivity contribution in [2.24, 2.45) is 0 Å². The number of hydrogen-bond acceptors (Lipinski definition) is 4. The van der Waals surface area contributed by atoms with Crippen LogP contribution in [0.2, 0.25) is 0 Å². The van der Waals surface area contributed by atoms with Crippen LogP contribution in [0, 0.1) is 0 Å². The average Bonchev–Trinajstić information content (AvgIpc) is 3.38. The van der Waals surface area contributed by atoms with Crippen LogP contribution in [0.25, 0.3) is 10.2 Å². The molecule has 144 valence electrons. The molecule has 1 aromatic heterocycles. The Morgan fingerprint density at radius 3 is 2.55 bits per heavy atom. The summed E-state index contributed by atoms with van der Waals surface area (Å²) in [7, 11) is 0. The van der Waals surface area contributed by atoms with Crippen LogP contribution in [-0.2, 0) is 17.6 Å². The number of anilines is 2. The summed E-state index contributed by atoms with van der Waals surface area (Å²) in [5, 5.41) is 0.599. The highest BCUT2D eigenvalue weighted by Crippen LogP contribution is 2.41. The summed E-state index contributed by atoms with van der Waals surface area (Å²) in [6.45, 7) is 2.14. The Labute approximate surface area is 178 Å². The van der Waals surface area contributed by atoms with E-state index in [1.54, 1.807) is 23.1 Å². The quantitative estimate of drug-likeness (QED) is 0.395. The van der Waals surface area contributed by atoms with Gasteiger partial charge in [-0.2, -0.15) is 0 Å². The predicted octanol–water partition coefficient (Wildman–Crippen LogP) is 6.24. The molecule has 1 aliphatic heterocycles. The molecule has 1 atom stereocenters. The second-order valence-corrected chi connectivity index (χ2v) is 9.33. The van der Waals surface area contributed by atoms with E-state index in [2.05, 4.69) is 37.3 Å². The normalized spacial score (nSPS) is 15.4. The van der Waals surface area contributed by atoms with Gasteiger partial charge in [0.05, 0.1) is 21.2 Å².